The van der Waals surface area contributed by atoms with Crippen molar-refractivity contribution in [2.24, 2.45) is 5.92 Å². The molecule has 0 atom stereocenters. The van der Waals surface area contributed by atoms with Crippen LogP contribution < -0.4 is 9.47 Å². The zero-order chi connectivity index (χ0) is 34.2. The van der Waals surface area contributed by atoms with E-state index in [9.17, 15) is 24.0 Å². The van der Waals surface area contributed by atoms with E-state index in [-0.39, 0.29) is 53.7 Å². The largest absolute Gasteiger partial charge is 0.478 e. The number of hydrogen-bond acceptors (Lipinski definition) is 10. The van der Waals surface area contributed by atoms with Gasteiger partial charge in [0.1, 0.15) is 16.8 Å². The van der Waals surface area contributed by atoms with Crippen LogP contribution in [0.3, 0.4) is 0 Å². The molecule has 1 aromatic carbocycles. The maximum absolute atomic E-state index is 13.2. The first-order valence-electron chi connectivity index (χ1n) is 15.2. The minimum Gasteiger partial charge on any atom is -0.478 e. The monoisotopic (exact) mass is 634 g/mol. The normalized spacial score (nSPS) is 14.3. The first-order chi connectivity index (χ1) is 20.6. The standard InChI is InChI=1S/C33H50N2O10/c1-31(2,3)43-28(38)20-41-25-12-11-23(18-26(25)42-21-29(39)44-32(4,5)6)24(36)19-34(10)27(37)17-22-13-15-35(16-14-22)30(40)45-33(7,8)9/h11-12,18,22H,13-17,19-21H2,1-10H3. The third kappa shape index (κ3) is 14.2. The minimum atomic E-state index is -0.722. The van der Waals surface area contributed by atoms with Crippen molar-refractivity contribution in [3.63, 3.8) is 0 Å². The number of esters is 2. The highest BCUT2D eigenvalue weighted by atomic mass is 16.6. The van der Waals surface area contributed by atoms with Crippen LogP contribution in [0.2, 0.25) is 0 Å². The number of benzene rings is 1. The number of likely N-dealkylation sites (N-methyl/N-ethyl adjacent to an activating group) is 1. The first kappa shape index (κ1) is 37.4. The molecule has 1 fully saturated rings. The molecule has 2 amide bonds. The molecule has 252 valence electrons. The lowest BCUT2D eigenvalue weighted by atomic mass is 9.93. The second-order valence-electron chi connectivity index (χ2n) is 14.2. The van der Waals surface area contributed by atoms with E-state index in [1.54, 1.807) is 53.5 Å². The molecule has 0 aromatic heterocycles. The number of nitrogens with zero attached hydrogens (tertiary/aromatic N) is 2. The highest BCUT2D eigenvalue weighted by molar-refractivity contribution is 5.99. The molecule has 0 radical (unpaired) electrons. The van der Waals surface area contributed by atoms with Crippen molar-refractivity contribution in [2.75, 3.05) is 39.9 Å². The molecule has 0 aliphatic carbocycles. The Hall–Kier alpha value is -3.83. The van der Waals surface area contributed by atoms with E-state index in [0.29, 0.717) is 25.9 Å². The van der Waals surface area contributed by atoms with Crippen molar-refractivity contribution in [3.05, 3.63) is 23.8 Å². The van der Waals surface area contributed by atoms with Crippen molar-refractivity contribution in [1.29, 1.82) is 0 Å². The Labute approximate surface area is 266 Å². The third-order valence-electron chi connectivity index (χ3n) is 6.33. The molecule has 1 aromatic rings. The number of rotatable bonds is 11. The number of carbonyl (C=O) groups excluding carboxylic acids is 5. The van der Waals surface area contributed by atoms with Gasteiger partial charge in [0.15, 0.2) is 30.5 Å². The van der Waals surface area contributed by atoms with Gasteiger partial charge in [-0.2, -0.15) is 0 Å². The summed E-state index contributed by atoms with van der Waals surface area (Å²) in [5.74, 6) is -1.49. The summed E-state index contributed by atoms with van der Waals surface area (Å²) >= 11 is 0. The average molecular weight is 635 g/mol. The SMILES string of the molecule is CN(CC(=O)c1ccc(OCC(=O)OC(C)(C)C)c(OCC(=O)OC(C)(C)C)c1)C(=O)CC1CCN(C(=O)OC(C)(C)C)CC1. The topological polar surface area (TPSA) is 138 Å². The Bertz CT molecular complexity index is 1220. The van der Waals surface area contributed by atoms with Crippen LogP contribution in [0.1, 0.15) is 91.9 Å². The molecule has 12 nitrogen and oxygen atoms in total. The number of ketones is 1. The molecule has 0 N–H and O–H groups in total. The predicted molar refractivity (Wildman–Crippen MR) is 166 cm³/mol. The lowest BCUT2D eigenvalue weighted by molar-refractivity contribution is -0.158. The van der Waals surface area contributed by atoms with Gasteiger partial charge in [0, 0.05) is 32.1 Å². The number of Topliss-reactive ketones (excluding diaryl/α,β-unsaturated/α-hetero) is 1. The van der Waals surface area contributed by atoms with Crippen molar-refractivity contribution < 1.29 is 47.7 Å². The zero-order valence-electron chi connectivity index (χ0n) is 28.4. The van der Waals surface area contributed by atoms with E-state index in [2.05, 4.69) is 0 Å². The number of hydrogen-bond donors (Lipinski definition) is 0. The lowest BCUT2D eigenvalue weighted by Crippen LogP contribution is -2.42. The number of likely N-dealkylation sites (tertiary alicyclic amines) is 1. The van der Waals surface area contributed by atoms with E-state index in [0.717, 1.165) is 0 Å². The van der Waals surface area contributed by atoms with Crippen molar-refractivity contribution >= 4 is 29.7 Å². The van der Waals surface area contributed by atoms with Gasteiger partial charge in [0.25, 0.3) is 0 Å². The van der Waals surface area contributed by atoms with E-state index >= 15 is 0 Å². The van der Waals surface area contributed by atoms with Crippen molar-refractivity contribution in [1.82, 2.24) is 9.80 Å². The van der Waals surface area contributed by atoms with Crippen LogP contribution in [0.4, 0.5) is 4.79 Å². The van der Waals surface area contributed by atoms with Crippen LogP contribution in [0.15, 0.2) is 18.2 Å². The van der Waals surface area contributed by atoms with Gasteiger partial charge in [-0.25, -0.2) is 14.4 Å². The second-order valence-corrected chi connectivity index (χ2v) is 14.2. The number of ether oxygens (including phenoxy) is 5. The summed E-state index contributed by atoms with van der Waals surface area (Å²) in [7, 11) is 1.56. The molecule has 0 bridgehead atoms. The first-order valence-corrected chi connectivity index (χ1v) is 15.2. The number of piperidine rings is 1. The molecule has 0 unspecified atom stereocenters. The molecule has 1 aliphatic rings. The van der Waals surface area contributed by atoms with Gasteiger partial charge in [0.2, 0.25) is 5.91 Å². The van der Waals surface area contributed by atoms with Gasteiger partial charge in [-0.3, -0.25) is 9.59 Å². The fourth-order valence-electron chi connectivity index (χ4n) is 4.37. The zero-order valence-corrected chi connectivity index (χ0v) is 28.4. The van der Waals surface area contributed by atoms with Crippen LogP contribution in [-0.4, -0.2) is 96.2 Å². The highest BCUT2D eigenvalue weighted by Crippen LogP contribution is 2.30. The van der Waals surface area contributed by atoms with Gasteiger partial charge < -0.3 is 33.5 Å². The van der Waals surface area contributed by atoms with Crippen LogP contribution >= 0.6 is 0 Å². The highest BCUT2D eigenvalue weighted by Gasteiger charge is 2.29. The van der Waals surface area contributed by atoms with E-state index < -0.39 is 42.0 Å². The Morgan fingerprint density at radius 1 is 0.756 bits per heavy atom. The molecule has 1 heterocycles. The Morgan fingerprint density at radius 3 is 1.73 bits per heavy atom. The van der Waals surface area contributed by atoms with Gasteiger partial charge in [-0.1, -0.05) is 0 Å². The summed E-state index contributed by atoms with van der Waals surface area (Å²) in [6.45, 7) is 15.8. The minimum absolute atomic E-state index is 0.0565. The van der Waals surface area contributed by atoms with Crippen LogP contribution in [0.5, 0.6) is 11.5 Å². The quantitative estimate of drug-likeness (QED) is 0.189. The lowest BCUT2D eigenvalue weighted by Gasteiger charge is -2.33. The summed E-state index contributed by atoms with van der Waals surface area (Å²) in [6.07, 6.45) is 1.23. The van der Waals surface area contributed by atoms with Gasteiger partial charge in [0.05, 0.1) is 6.54 Å². The summed E-state index contributed by atoms with van der Waals surface area (Å²) in [6, 6.07) is 4.36. The Morgan fingerprint density at radius 2 is 1.24 bits per heavy atom. The van der Waals surface area contributed by atoms with E-state index in [1.165, 1.54) is 23.1 Å². The van der Waals surface area contributed by atoms with Crippen LogP contribution in [0, 0.1) is 5.92 Å². The number of carbonyl (C=O) groups is 5. The second kappa shape index (κ2) is 15.4. The van der Waals surface area contributed by atoms with Crippen LogP contribution in [0.25, 0.3) is 0 Å². The number of amides is 2. The average Bonchev–Trinajstić information content (AvgIpc) is 2.88. The van der Waals surface area contributed by atoms with E-state index in [4.69, 9.17) is 23.7 Å². The summed E-state index contributed by atoms with van der Waals surface area (Å²) in [5.41, 5.74) is -1.77. The Kier molecular flexibility index (Phi) is 12.8. The summed E-state index contributed by atoms with van der Waals surface area (Å²) in [5, 5.41) is 0. The molecular weight excluding hydrogens is 584 g/mol. The van der Waals surface area contributed by atoms with Gasteiger partial charge in [-0.05, 0) is 99.3 Å². The molecule has 1 saturated heterocycles. The third-order valence-corrected chi connectivity index (χ3v) is 6.33. The molecule has 0 saturated carbocycles. The predicted octanol–water partition coefficient (Wildman–Crippen LogP) is 4.81. The Balaban J connectivity index is 2.03. The van der Waals surface area contributed by atoms with Gasteiger partial charge in [-0.15, -0.1) is 0 Å². The summed E-state index contributed by atoms with van der Waals surface area (Å²) < 4.78 is 27.3. The molecule has 12 heteroatoms. The molecule has 45 heavy (non-hydrogen) atoms. The molecular formula is C33H50N2O10. The molecule has 0 spiro atoms. The smallest absolute Gasteiger partial charge is 0.410 e. The van der Waals surface area contributed by atoms with Crippen LogP contribution in [-0.2, 0) is 28.6 Å². The molecule has 1 aliphatic heterocycles. The van der Waals surface area contributed by atoms with Crippen molar-refractivity contribution in [3.8, 4) is 11.5 Å². The van der Waals surface area contributed by atoms with Gasteiger partial charge >= 0.3 is 18.0 Å². The summed E-state index contributed by atoms with van der Waals surface area (Å²) in [4.78, 5) is 66.0. The fourth-order valence-corrected chi connectivity index (χ4v) is 4.37. The maximum atomic E-state index is 13.2. The maximum Gasteiger partial charge on any atom is 0.410 e. The molecule has 2 rings (SSSR count). The van der Waals surface area contributed by atoms with E-state index in [1.807, 2.05) is 20.8 Å². The fraction of sp³-hybridized carbons (Fsp3) is 0.667. The van der Waals surface area contributed by atoms with Crippen molar-refractivity contribution in [2.45, 2.75) is 98.4 Å².